The predicted octanol–water partition coefficient (Wildman–Crippen LogP) is 2.79. The molecule has 1 aliphatic carbocycles. The van der Waals surface area contributed by atoms with E-state index in [2.05, 4.69) is 4.98 Å². The number of aromatic nitrogens is 1. The summed E-state index contributed by atoms with van der Waals surface area (Å²) in [6.07, 6.45) is 4.81. The fourth-order valence-electron chi connectivity index (χ4n) is 1.16. The molecular formula is C10H11ClN2OS. The van der Waals surface area contributed by atoms with Gasteiger partial charge in [0.2, 0.25) is 0 Å². The Hall–Kier alpha value is -0.740. The van der Waals surface area contributed by atoms with E-state index in [0.29, 0.717) is 15.8 Å². The molecule has 0 amide bonds. The van der Waals surface area contributed by atoms with Gasteiger partial charge in [0, 0.05) is 24.1 Å². The summed E-state index contributed by atoms with van der Waals surface area (Å²) in [4.78, 5) is 14.9. The summed E-state index contributed by atoms with van der Waals surface area (Å²) in [5.41, 5.74) is 0.491. The molecule has 1 fully saturated rings. The van der Waals surface area contributed by atoms with E-state index in [1.54, 1.807) is 18.0 Å². The fraction of sp³-hybridized carbons (Fsp3) is 0.400. The van der Waals surface area contributed by atoms with Crippen molar-refractivity contribution in [3.8, 4) is 0 Å². The van der Waals surface area contributed by atoms with E-state index >= 15 is 0 Å². The summed E-state index contributed by atoms with van der Waals surface area (Å²) < 4.78 is 1.99. The number of nitrogens with zero attached hydrogens (tertiary/aromatic N) is 2. The Morgan fingerprint density at radius 2 is 2.40 bits per heavy atom. The summed E-state index contributed by atoms with van der Waals surface area (Å²) in [7, 11) is 1.95. The Labute approximate surface area is 98.0 Å². The lowest BCUT2D eigenvalue weighted by molar-refractivity contribution is 0.112. The Bertz CT molecular complexity index is 382. The third kappa shape index (κ3) is 2.63. The molecule has 0 radical (unpaired) electrons. The molecule has 1 saturated carbocycles. The molecule has 3 nitrogen and oxygen atoms in total. The number of hydrogen-bond acceptors (Lipinski definition) is 4. The second-order valence-electron chi connectivity index (χ2n) is 3.48. The molecule has 15 heavy (non-hydrogen) atoms. The first-order valence-electron chi connectivity index (χ1n) is 4.72. The number of rotatable bonds is 4. The zero-order chi connectivity index (χ0) is 10.8. The third-order valence-electron chi connectivity index (χ3n) is 2.15. The van der Waals surface area contributed by atoms with Crippen molar-refractivity contribution in [2.24, 2.45) is 0 Å². The van der Waals surface area contributed by atoms with Crippen LogP contribution in [0.25, 0.3) is 0 Å². The van der Waals surface area contributed by atoms with Crippen LogP contribution in [-0.2, 0) is 0 Å². The van der Waals surface area contributed by atoms with E-state index in [4.69, 9.17) is 11.6 Å². The van der Waals surface area contributed by atoms with Crippen LogP contribution in [0.2, 0.25) is 5.02 Å². The van der Waals surface area contributed by atoms with Crippen molar-refractivity contribution in [3.63, 3.8) is 0 Å². The maximum absolute atomic E-state index is 10.7. The summed E-state index contributed by atoms with van der Waals surface area (Å²) in [5.74, 6) is 0.776. The zero-order valence-corrected chi connectivity index (χ0v) is 9.88. The van der Waals surface area contributed by atoms with Crippen LogP contribution in [0.15, 0.2) is 12.3 Å². The van der Waals surface area contributed by atoms with Crippen LogP contribution < -0.4 is 4.31 Å². The highest BCUT2D eigenvalue weighted by molar-refractivity contribution is 8.01. The Kier molecular flexibility index (Phi) is 3.17. The van der Waals surface area contributed by atoms with Gasteiger partial charge < -0.3 is 4.31 Å². The average molecular weight is 243 g/mol. The van der Waals surface area contributed by atoms with Crippen LogP contribution in [0.1, 0.15) is 23.2 Å². The normalized spacial score (nSPS) is 15.1. The standard InChI is InChI=1S/C10H11ClN2OS/c1-13(15-8-2-3-8)10-4-7(6-14)9(11)5-12-10/h4-6,8H,2-3H2,1H3. The Balaban J connectivity index is 2.15. The first-order chi connectivity index (χ1) is 7.20. The number of anilines is 1. The minimum atomic E-state index is 0.401. The van der Waals surface area contributed by atoms with Gasteiger partial charge in [-0.1, -0.05) is 11.6 Å². The maximum Gasteiger partial charge on any atom is 0.151 e. The number of hydrogen-bond donors (Lipinski definition) is 0. The van der Waals surface area contributed by atoms with Gasteiger partial charge >= 0.3 is 0 Å². The van der Waals surface area contributed by atoms with Gasteiger partial charge in [-0.2, -0.15) is 0 Å². The number of aldehydes is 1. The quantitative estimate of drug-likeness (QED) is 0.601. The highest BCUT2D eigenvalue weighted by Crippen LogP contribution is 2.37. The van der Waals surface area contributed by atoms with Gasteiger partial charge in [-0.05, 0) is 30.9 Å². The number of pyridine rings is 1. The monoisotopic (exact) mass is 242 g/mol. The van der Waals surface area contributed by atoms with Gasteiger partial charge in [0.1, 0.15) is 5.82 Å². The Morgan fingerprint density at radius 1 is 1.67 bits per heavy atom. The topological polar surface area (TPSA) is 33.2 Å². The van der Waals surface area contributed by atoms with Crippen LogP contribution >= 0.6 is 23.5 Å². The van der Waals surface area contributed by atoms with Gasteiger partial charge in [0.15, 0.2) is 6.29 Å². The van der Waals surface area contributed by atoms with Gasteiger partial charge in [-0.3, -0.25) is 4.79 Å². The lowest BCUT2D eigenvalue weighted by Crippen LogP contribution is -2.09. The fourth-order valence-corrected chi connectivity index (χ4v) is 2.31. The minimum Gasteiger partial charge on any atom is -0.303 e. The summed E-state index contributed by atoms with van der Waals surface area (Å²) >= 11 is 7.56. The van der Waals surface area contributed by atoms with E-state index in [1.165, 1.54) is 19.0 Å². The zero-order valence-electron chi connectivity index (χ0n) is 8.31. The summed E-state index contributed by atoms with van der Waals surface area (Å²) in [6.45, 7) is 0. The summed E-state index contributed by atoms with van der Waals surface area (Å²) in [5, 5.41) is 1.12. The molecule has 0 bridgehead atoms. The van der Waals surface area contributed by atoms with Crippen LogP contribution in [0.4, 0.5) is 5.82 Å². The molecule has 2 rings (SSSR count). The van der Waals surface area contributed by atoms with Crippen molar-refractivity contribution in [2.75, 3.05) is 11.4 Å². The highest BCUT2D eigenvalue weighted by atomic mass is 35.5. The number of halogens is 1. The molecule has 0 unspecified atom stereocenters. The lowest BCUT2D eigenvalue weighted by Gasteiger charge is -2.16. The van der Waals surface area contributed by atoms with E-state index in [-0.39, 0.29) is 0 Å². The predicted molar refractivity (Wildman–Crippen MR) is 63.7 cm³/mol. The largest absolute Gasteiger partial charge is 0.303 e. The smallest absolute Gasteiger partial charge is 0.151 e. The molecule has 0 aromatic carbocycles. The van der Waals surface area contributed by atoms with Crippen molar-refractivity contribution >= 4 is 35.7 Å². The van der Waals surface area contributed by atoms with Crippen LogP contribution in [0.5, 0.6) is 0 Å². The minimum absolute atomic E-state index is 0.401. The second kappa shape index (κ2) is 4.41. The van der Waals surface area contributed by atoms with Crippen LogP contribution in [0, 0.1) is 0 Å². The van der Waals surface area contributed by atoms with E-state index in [9.17, 15) is 4.79 Å². The third-order valence-corrected chi connectivity index (χ3v) is 3.74. The van der Waals surface area contributed by atoms with Crippen molar-refractivity contribution in [2.45, 2.75) is 18.1 Å². The van der Waals surface area contributed by atoms with E-state index in [1.807, 2.05) is 11.4 Å². The highest BCUT2D eigenvalue weighted by Gasteiger charge is 2.24. The van der Waals surface area contributed by atoms with Crippen molar-refractivity contribution < 1.29 is 4.79 Å². The van der Waals surface area contributed by atoms with E-state index in [0.717, 1.165) is 12.1 Å². The van der Waals surface area contributed by atoms with Gasteiger partial charge in [0.05, 0.1) is 5.02 Å². The first kappa shape index (κ1) is 10.8. The SMILES string of the molecule is CN(SC1CC1)c1cc(C=O)c(Cl)cn1. The molecule has 5 heteroatoms. The molecule has 1 aliphatic rings. The van der Waals surface area contributed by atoms with Gasteiger partial charge in [0.25, 0.3) is 0 Å². The molecule has 1 heterocycles. The van der Waals surface area contributed by atoms with Gasteiger partial charge in [-0.15, -0.1) is 0 Å². The second-order valence-corrected chi connectivity index (χ2v) is 5.32. The Morgan fingerprint density at radius 3 is 3.00 bits per heavy atom. The maximum atomic E-state index is 10.7. The average Bonchev–Trinajstić information content (AvgIpc) is 3.02. The molecule has 0 atom stereocenters. The molecule has 0 saturated heterocycles. The molecule has 1 aromatic heterocycles. The molecule has 80 valence electrons. The van der Waals surface area contributed by atoms with Gasteiger partial charge in [-0.25, -0.2) is 4.98 Å². The summed E-state index contributed by atoms with van der Waals surface area (Å²) in [6, 6.07) is 1.71. The van der Waals surface area contributed by atoms with E-state index < -0.39 is 0 Å². The van der Waals surface area contributed by atoms with Crippen molar-refractivity contribution in [1.82, 2.24) is 4.98 Å². The van der Waals surface area contributed by atoms with Crippen LogP contribution in [0.3, 0.4) is 0 Å². The molecule has 0 aliphatic heterocycles. The van der Waals surface area contributed by atoms with Crippen molar-refractivity contribution in [3.05, 3.63) is 22.8 Å². The first-order valence-corrected chi connectivity index (χ1v) is 5.93. The number of carbonyl (C=O) groups is 1. The molecular weight excluding hydrogens is 232 g/mol. The molecule has 0 spiro atoms. The van der Waals surface area contributed by atoms with Crippen LogP contribution in [-0.4, -0.2) is 23.6 Å². The van der Waals surface area contributed by atoms with Crippen molar-refractivity contribution in [1.29, 1.82) is 0 Å². The lowest BCUT2D eigenvalue weighted by atomic mass is 10.3. The molecule has 0 N–H and O–H groups in total. The molecule has 1 aromatic rings. The number of carbonyl (C=O) groups excluding carboxylic acids is 1.